The van der Waals surface area contributed by atoms with E-state index in [1.165, 1.54) is 6.08 Å². The van der Waals surface area contributed by atoms with Crippen molar-refractivity contribution < 1.29 is 19.5 Å². The summed E-state index contributed by atoms with van der Waals surface area (Å²) in [5, 5.41) is 11.8. The number of carbonyl (C=O) groups is 3. The van der Waals surface area contributed by atoms with Crippen LogP contribution in [0, 0.1) is 0 Å². The lowest BCUT2D eigenvalue weighted by atomic mass is 10.2. The van der Waals surface area contributed by atoms with E-state index in [1.807, 2.05) is 0 Å². The van der Waals surface area contributed by atoms with Crippen LogP contribution in [0.25, 0.3) is 0 Å². The number of likely N-dealkylation sites (N-methyl/N-ethyl adjacent to an activating group) is 1. The highest BCUT2D eigenvalue weighted by Crippen LogP contribution is 2.23. The molecular formula is C16H18N4O4. The van der Waals surface area contributed by atoms with Crippen LogP contribution < -0.4 is 10.2 Å². The molecule has 2 N–H and O–H groups in total. The predicted octanol–water partition coefficient (Wildman–Crippen LogP) is 0.215. The number of rotatable bonds is 5. The van der Waals surface area contributed by atoms with Crippen molar-refractivity contribution in [2.45, 2.75) is 0 Å². The standard InChI is InChI=1S/C16H18N4O4/c1-18-6-7-19(16(18)24)12-4-2-11(3-5-12)17-13-10-14(22)20(8-9-21)15(13)23/h2-5,10,17,21H,6-9H2,1H3. The summed E-state index contributed by atoms with van der Waals surface area (Å²) in [4.78, 5) is 40.0. The molecule has 1 saturated heterocycles. The largest absolute Gasteiger partial charge is 0.395 e. The molecule has 8 heteroatoms. The second-order valence-electron chi connectivity index (χ2n) is 5.60. The number of hydrogen-bond donors (Lipinski definition) is 2. The first-order valence-electron chi connectivity index (χ1n) is 7.59. The van der Waals surface area contributed by atoms with Gasteiger partial charge in [0, 0.05) is 37.6 Å². The molecular weight excluding hydrogens is 312 g/mol. The van der Waals surface area contributed by atoms with Gasteiger partial charge in [0.05, 0.1) is 13.2 Å². The number of anilines is 2. The van der Waals surface area contributed by atoms with E-state index in [4.69, 9.17) is 5.11 Å². The fourth-order valence-corrected chi connectivity index (χ4v) is 2.68. The molecule has 0 atom stereocenters. The van der Waals surface area contributed by atoms with Gasteiger partial charge in [-0.3, -0.25) is 19.4 Å². The molecule has 0 saturated carbocycles. The molecule has 1 aromatic carbocycles. The highest BCUT2D eigenvalue weighted by atomic mass is 16.3. The third-order valence-electron chi connectivity index (χ3n) is 4.01. The van der Waals surface area contributed by atoms with Crippen molar-refractivity contribution in [2.75, 3.05) is 43.5 Å². The van der Waals surface area contributed by atoms with Gasteiger partial charge in [-0.25, -0.2) is 4.79 Å². The topological polar surface area (TPSA) is 93.2 Å². The average Bonchev–Trinajstić information content (AvgIpc) is 3.03. The Morgan fingerprint density at radius 2 is 1.83 bits per heavy atom. The lowest BCUT2D eigenvalue weighted by Crippen LogP contribution is -2.34. The summed E-state index contributed by atoms with van der Waals surface area (Å²) >= 11 is 0. The minimum atomic E-state index is -0.463. The van der Waals surface area contributed by atoms with Crippen molar-refractivity contribution in [1.29, 1.82) is 0 Å². The number of aliphatic hydroxyl groups excluding tert-OH is 1. The van der Waals surface area contributed by atoms with Crippen LogP contribution in [0.3, 0.4) is 0 Å². The van der Waals surface area contributed by atoms with Gasteiger partial charge in [-0.05, 0) is 24.3 Å². The van der Waals surface area contributed by atoms with Gasteiger partial charge in [0.1, 0.15) is 5.70 Å². The molecule has 3 rings (SSSR count). The zero-order valence-electron chi connectivity index (χ0n) is 13.2. The minimum Gasteiger partial charge on any atom is -0.395 e. The molecule has 1 aromatic rings. The molecule has 0 spiro atoms. The van der Waals surface area contributed by atoms with Gasteiger partial charge >= 0.3 is 6.03 Å². The van der Waals surface area contributed by atoms with E-state index in [2.05, 4.69) is 5.32 Å². The SMILES string of the molecule is CN1CCN(c2ccc(NC3=CC(=O)N(CCO)C3=O)cc2)C1=O. The highest BCUT2D eigenvalue weighted by Gasteiger charge is 2.31. The maximum absolute atomic E-state index is 12.1. The van der Waals surface area contributed by atoms with E-state index in [1.54, 1.807) is 41.1 Å². The van der Waals surface area contributed by atoms with Gasteiger partial charge < -0.3 is 15.3 Å². The lowest BCUT2D eigenvalue weighted by Gasteiger charge is -2.17. The van der Waals surface area contributed by atoms with Gasteiger partial charge in [-0.15, -0.1) is 0 Å². The maximum atomic E-state index is 12.1. The Labute approximate surface area is 138 Å². The maximum Gasteiger partial charge on any atom is 0.324 e. The number of carbonyl (C=O) groups excluding carboxylic acids is 3. The van der Waals surface area contributed by atoms with Crippen molar-refractivity contribution in [2.24, 2.45) is 0 Å². The Hall–Kier alpha value is -2.87. The molecule has 2 aliphatic rings. The molecule has 2 aliphatic heterocycles. The van der Waals surface area contributed by atoms with Gasteiger partial charge in [-0.2, -0.15) is 0 Å². The van der Waals surface area contributed by atoms with Crippen LogP contribution in [0.15, 0.2) is 36.0 Å². The van der Waals surface area contributed by atoms with Crippen molar-refractivity contribution >= 4 is 29.2 Å². The van der Waals surface area contributed by atoms with Gasteiger partial charge in [0.15, 0.2) is 0 Å². The summed E-state index contributed by atoms with van der Waals surface area (Å²) in [6.45, 7) is 1.02. The molecule has 0 unspecified atom stereocenters. The molecule has 24 heavy (non-hydrogen) atoms. The van der Waals surface area contributed by atoms with E-state index in [9.17, 15) is 14.4 Å². The molecule has 0 radical (unpaired) electrons. The highest BCUT2D eigenvalue weighted by molar-refractivity contribution is 6.17. The molecule has 0 aliphatic carbocycles. The van der Waals surface area contributed by atoms with E-state index in [0.29, 0.717) is 18.8 Å². The van der Waals surface area contributed by atoms with Crippen molar-refractivity contribution in [3.8, 4) is 0 Å². The van der Waals surface area contributed by atoms with E-state index in [0.717, 1.165) is 10.6 Å². The Bertz CT molecular complexity index is 713. The monoisotopic (exact) mass is 330 g/mol. The summed E-state index contributed by atoms with van der Waals surface area (Å²) in [5.41, 5.74) is 1.58. The molecule has 8 nitrogen and oxygen atoms in total. The molecule has 1 fully saturated rings. The van der Waals surface area contributed by atoms with Crippen LogP contribution >= 0.6 is 0 Å². The van der Waals surface area contributed by atoms with Crippen molar-refractivity contribution in [3.63, 3.8) is 0 Å². The van der Waals surface area contributed by atoms with E-state index >= 15 is 0 Å². The van der Waals surface area contributed by atoms with E-state index in [-0.39, 0.29) is 24.9 Å². The molecule has 4 amide bonds. The number of nitrogens with zero attached hydrogens (tertiary/aromatic N) is 3. The summed E-state index contributed by atoms with van der Waals surface area (Å²) in [5.74, 6) is -0.909. The van der Waals surface area contributed by atoms with Crippen molar-refractivity contribution in [1.82, 2.24) is 9.80 Å². The molecule has 126 valence electrons. The number of imide groups is 1. The number of urea groups is 1. The quantitative estimate of drug-likeness (QED) is 0.753. The van der Waals surface area contributed by atoms with Crippen LogP contribution in [0.1, 0.15) is 0 Å². The van der Waals surface area contributed by atoms with Gasteiger partial charge in [0.2, 0.25) is 0 Å². The summed E-state index contributed by atoms with van der Waals surface area (Å²) < 4.78 is 0. The number of β-amino-alcohol motifs (C(OH)–C–C–N with tert-alkyl or cyclic N) is 1. The van der Waals surface area contributed by atoms with Crippen LogP contribution in [-0.4, -0.2) is 66.0 Å². The number of amides is 4. The van der Waals surface area contributed by atoms with Crippen LogP contribution in [-0.2, 0) is 9.59 Å². The third kappa shape index (κ3) is 2.83. The normalized spacial score (nSPS) is 17.8. The van der Waals surface area contributed by atoms with Crippen LogP contribution in [0.2, 0.25) is 0 Å². The first kappa shape index (κ1) is 16.0. The Balaban J connectivity index is 1.69. The average molecular weight is 330 g/mol. The van der Waals surface area contributed by atoms with Crippen LogP contribution in [0.5, 0.6) is 0 Å². The molecule has 0 aromatic heterocycles. The third-order valence-corrected chi connectivity index (χ3v) is 4.01. The van der Waals surface area contributed by atoms with Crippen LogP contribution in [0.4, 0.5) is 16.2 Å². The lowest BCUT2D eigenvalue weighted by molar-refractivity contribution is -0.137. The summed E-state index contributed by atoms with van der Waals surface area (Å²) in [7, 11) is 1.76. The first-order valence-corrected chi connectivity index (χ1v) is 7.59. The number of nitrogens with one attached hydrogen (secondary N) is 1. The summed E-state index contributed by atoms with van der Waals surface area (Å²) in [6, 6.07) is 7.01. The first-order chi connectivity index (χ1) is 11.5. The van der Waals surface area contributed by atoms with Gasteiger partial charge in [-0.1, -0.05) is 0 Å². The zero-order chi connectivity index (χ0) is 17.3. The fraction of sp³-hybridized carbons (Fsp3) is 0.312. The number of aliphatic hydroxyl groups is 1. The number of benzene rings is 1. The second kappa shape index (κ2) is 6.32. The fourth-order valence-electron chi connectivity index (χ4n) is 2.68. The Morgan fingerprint density at radius 1 is 1.12 bits per heavy atom. The predicted molar refractivity (Wildman–Crippen MR) is 87.3 cm³/mol. The smallest absolute Gasteiger partial charge is 0.324 e. The Morgan fingerprint density at radius 3 is 2.42 bits per heavy atom. The van der Waals surface area contributed by atoms with E-state index < -0.39 is 11.8 Å². The number of hydrogen-bond acceptors (Lipinski definition) is 5. The van der Waals surface area contributed by atoms with Crippen molar-refractivity contribution in [3.05, 3.63) is 36.0 Å². The Kier molecular flexibility index (Phi) is 4.22. The molecule has 0 bridgehead atoms. The zero-order valence-corrected chi connectivity index (χ0v) is 13.2. The van der Waals surface area contributed by atoms with Gasteiger partial charge in [0.25, 0.3) is 11.8 Å². The molecule has 2 heterocycles. The minimum absolute atomic E-state index is 0.0249. The summed E-state index contributed by atoms with van der Waals surface area (Å²) in [6.07, 6.45) is 1.21. The second-order valence-corrected chi connectivity index (χ2v) is 5.60.